The molecule has 0 unspecified atom stereocenters. The van der Waals surface area contributed by atoms with Crippen molar-refractivity contribution >= 4 is 26.9 Å². The molecule has 8 heteroatoms. The van der Waals surface area contributed by atoms with E-state index in [2.05, 4.69) is 19.7 Å². The first-order valence-corrected chi connectivity index (χ1v) is 7.27. The Labute approximate surface area is 115 Å². The molecule has 0 bridgehead atoms. The number of aromatic amines is 1. The number of H-pyrrole nitrogens is 1. The van der Waals surface area contributed by atoms with Crippen molar-refractivity contribution in [2.75, 3.05) is 4.72 Å². The summed E-state index contributed by atoms with van der Waals surface area (Å²) in [6, 6.07) is 8.71. The van der Waals surface area contributed by atoms with E-state index in [0.29, 0.717) is 11.4 Å². The second-order valence-corrected chi connectivity index (χ2v) is 5.48. The molecule has 3 aromatic rings. The van der Waals surface area contributed by atoms with Crippen LogP contribution in [0, 0.1) is 0 Å². The Morgan fingerprint density at radius 3 is 2.85 bits per heavy atom. The monoisotopic (exact) mass is 289 g/mol. The molecule has 3 rings (SSSR count). The molecule has 7 nitrogen and oxygen atoms in total. The molecule has 0 aliphatic heterocycles. The third kappa shape index (κ3) is 2.46. The third-order valence-electron chi connectivity index (χ3n) is 2.75. The molecule has 20 heavy (non-hydrogen) atoms. The van der Waals surface area contributed by atoms with Gasteiger partial charge in [0.1, 0.15) is 12.0 Å². The second-order valence-electron chi connectivity index (χ2n) is 4.19. The first kappa shape index (κ1) is 12.6. The van der Waals surface area contributed by atoms with Crippen LogP contribution in [0.15, 0.2) is 42.9 Å². The number of fused-ring (bicyclic) bond motifs is 1. The highest BCUT2D eigenvalue weighted by atomic mass is 32.2. The van der Waals surface area contributed by atoms with Crippen LogP contribution < -0.4 is 9.86 Å². The van der Waals surface area contributed by atoms with Crippen LogP contribution >= 0.6 is 0 Å². The first-order chi connectivity index (χ1) is 9.53. The van der Waals surface area contributed by atoms with E-state index in [0.717, 1.165) is 16.6 Å². The lowest BCUT2D eigenvalue weighted by molar-refractivity contribution is 0.603. The minimum absolute atomic E-state index is 0.382. The number of anilines is 1. The average molecular weight is 289 g/mol. The Hall–Kier alpha value is -2.45. The second kappa shape index (κ2) is 4.58. The van der Waals surface area contributed by atoms with Crippen molar-refractivity contribution in [3.05, 3.63) is 42.9 Å². The number of hydrogen-bond acceptors (Lipinski definition) is 4. The van der Waals surface area contributed by atoms with Crippen LogP contribution in [0.2, 0.25) is 0 Å². The van der Waals surface area contributed by atoms with Gasteiger partial charge < -0.3 is 4.98 Å². The van der Waals surface area contributed by atoms with Crippen LogP contribution in [0.3, 0.4) is 0 Å². The maximum absolute atomic E-state index is 11.1. The topological polar surface area (TPSA) is 114 Å². The third-order valence-corrected chi connectivity index (χ3v) is 3.27. The quantitative estimate of drug-likeness (QED) is 0.673. The summed E-state index contributed by atoms with van der Waals surface area (Å²) >= 11 is 0. The largest absolute Gasteiger partial charge is 0.346 e. The highest BCUT2D eigenvalue weighted by Crippen LogP contribution is 2.26. The Morgan fingerprint density at radius 1 is 1.20 bits per heavy atom. The van der Waals surface area contributed by atoms with E-state index in [-0.39, 0.29) is 0 Å². The molecule has 0 aliphatic rings. The molecule has 0 saturated carbocycles. The Balaban J connectivity index is 2.11. The number of rotatable bonds is 3. The molecule has 0 atom stereocenters. The van der Waals surface area contributed by atoms with Crippen LogP contribution in [-0.4, -0.2) is 23.4 Å². The predicted molar refractivity (Wildman–Crippen MR) is 76.1 cm³/mol. The van der Waals surface area contributed by atoms with E-state index in [4.69, 9.17) is 5.14 Å². The number of hydrogen-bond donors (Lipinski definition) is 3. The summed E-state index contributed by atoms with van der Waals surface area (Å²) in [6.45, 7) is 0. The van der Waals surface area contributed by atoms with Gasteiger partial charge in [-0.2, -0.15) is 8.42 Å². The molecule has 0 spiro atoms. The highest BCUT2D eigenvalue weighted by Gasteiger charge is 2.09. The maximum Gasteiger partial charge on any atom is 0.296 e. The summed E-state index contributed by atoms with van der Waals surface area (Å²) in [5, 5.41) is 5.82. The van der Waals surface area contributed by atoms with Crippen molar-refractivity contribution in [1.29, 1.82) is 0 Å². The van der Waals surface area contributed by atoms with Gasteiger partial charge in [0.05, 0.1) is 11.4 Å². The summed E-state index contributed by atoms with van der Waals surface area (Å²) in [5.74, 6) is 0. The Bertz CT molecular complexity index is 872. The van der Waals surface area contributed by atoms with Gasteiger partial charge in [0.25, 0.3) is 10.2 Å². The van der Waals surface area contributed by atoms with Crippen LogP contribution in [-0.2, 0) is 10.2 Å². The van der Waals surface area contributed by atoms with Crippen LogP contribution in [0.1, 0.15) is 0 Å². The minimum Gasteiger partial charge on any atom is -0.346 e. The fourth-order valence-electron chi connectivity index (χ4n) is 2.00. The van der Waals surface area contributed by atoms with Crippen LogP contribution in [0.5, 0.6) is 0 Å². The number of nitrogens with zero attached hydrogens (tertiary/aromatic N) is 2. The molecule has 0 amide bonds. The maximum atomic E-state index is 11.1. The zero-order valence-electron chi connectivity index (χ0n) is 10.2. The molecule has 2 aromatic heterocycles. The van der Waals surface area contributed by atoms with Crippen LogP contribution in [0.4, 0.5) is 5.69 Å². The molecule has 2 heterocycles. The van der Waals surface area contributed by atoms with Crippen molar-refractivity contribution in [2.24, 2.45) is 5.14 Å². The number of nitrogens with one attached hydrogen (secondary N) is 2. The van der Waals surface area contributed by atoms with E-state index in [1.165, 1.54) is 6.33 Å². The Kier molecular flexibility index (Phi) is 2.88. The lowest BCUT2D eigenvalue weighted by Gasteiger charge is -2.06. The zero-order chi connectivity index (χ0) is 14.2. The van der Waals surface area contributed by atoms with Gasteiger partial charge >= 0.3 is 0 Å². The first-order valence-electron chi connectivity index (χ1n) is 5.72. The summed E-state index contributed by atoms with van der Waals surface area (Å²) < 4.78 is 24.3. The normalized spacial score (nSPS) is 11.7. The smallest absolute Gasteiger partial charge is 0.296 e. The van der Waals surface area contributed by atoms with E-state index in [1.807, 2.05) is 12.1 Å². The molecular formula is C12H11N5O2S. The predicted octanol–water partition coefficient (Wildman–Crippen LogP) is 1.24. The number of nitrogens with two attached hydrogens (primary N) is 1. The summed E-state index contributed by atoms with van der Waals surface area (Å²) in [6.07, 6.45) is 3.23. The molecule has 4 N–H and O–H groups in total. The number of aromatic nitrogens is 3. The van der Waals surface area contributed by atoms with Gasteiger partial charge in [-0.15, -0.1) is 0 Å². The molecular weight excluding hydrogens is 278 g/mol. The summed E-state index contributed by atoms with van der Waals surface area (Å²) in [5.41, 5.74) is 2.59. The van der Waals surface area contributed by atoms with Gasteiger partial charge in [-0.3, -0.25) is 4.72 Å². The lowest BCUT2D eigenvalue weighted by Crippen LogP contribution is -2.21. The van der Waals surface area contributed by atoms with E-state index < -0.39 is 10.2 Å². The van der Waals surface area contributed by atoms with Crippen molar-refractivity contribution in [3.8, 4) is 11.3 Å². The van der Waals surface area contributed by atoms with E-state index in [1.54, 1.807) is 24.4 Å². The fourth-order valence-corrected chi connectivity index (χ4v) is 2.45. The van der Waals surface area contributed by atoms with Gasteiger partial charge in [0, 0.05) is 17.1 Å². The van der Waals surface area contributed by atoms with E-state index in [9.17, 15) is 8.42 Å². The summed E-state index contributed by atoms with van der Waals surface area (Å²) in [7, 11) is -3.80. The van der Waals surface area contributed by atoms with Crippen molar-refractivity contribution in [1.82, 2.24) is 15.0 Å². The van der Waals surface area contributed by atoms with Gasteiger partial charge in [0.2, 0.25) is 0 Å². The number of benzene rings is 1. The SMILES string of the molecule is NS(=O)(=O)Nc1cccc(-c2ncnc3[nH]ccc23)c1. The van der Waals surface area contributed by atoms with Crippen molar-refractivity contribution in [2.45, 2.75) is 0 Å². The summed E-state index contributed by atoms with van der Waals surface area (Å²) in [4.78, 5) is 11.4. The van der Waals surface area contributed by atoms with Gasteiger partial charge in [-0.05, 0) is 18.2 Å². The van der Waals surface area contributed by atoms with Crippen LogP contribution in [0.25, 0.3) is 22.3 Å². The van der Waals surface area contributed by atoms with Crippen molar-refractivity contribution < 1.29 is 8.42 Å². The molecule has 102 valence electrons. The average Bonchev–Trinajstić information content (AvgIpc) is 2.85. The molecule has 1 aromatic carbocycles. The van der Waals surface area contributed by atoms with Gasteiger partial charge in [-0.1, -0.05) is 12.1 Å². The van der Waals surface area contributed by atoms with Crippen molar-refractivity contribution in [3.63, 3.8) is 0 Å². The lowest BCUT2D eigenvalue weighted by atomic mass is 10.1. The minimum atomic E-state index is -3.80. The fraction of sp³-hybridized carbons (Fsp3) is 0. The molecule has 0 aliphatic carbocycles. The standard InChI is InChI=1S/C12H11N5O2S/c13-20(18,19)17-9-3-1-2-8(6-9)11-10-4-5-14-12(10)16-7-15-11/h1-7,17H,(H2,13,18,19)(H,14,15,16). The van der Waals surface area contributed by atoms with Gasteiger partial charge in [-0.25, -0.2) is 15.1 Å². The van der Waals surface area contributed by atoms with E-state index >= 15 is 0 Å². The Morgan fingerprint density at radius 2 is 2.05 bits per heavy atom. The zero-order valence-corrected chi connectivity index (χ0v) is 11.1. The van der Waals surface area contributed by atoms with Gasteiger partial charge in [0.15, 0.2) is 0 Å². The highest BCUT2D eigenvalue weighted by molar-refractivity contribution is 7.90. The molecule has 0 radical (unpaired) electrons. The molecule has 0 saturated heterocycles. The molecule has 0 fully saturated rings.